The first kappa shape index (κ1) is 18.8. The van der Waals surface area contributed by atoms with Crippen molar-refractivity contribution in [2.45, 2.75) is 25.6 Å². The van der Waals surface area contributed by atoms with E-state index < -0.39 is 6.23 Å². The molecule has 0 unspecified atom stereocenters. The standard InChI is InChI=1S/C23H17Cl3N2O/c1-13-2-4-14(5-3-13)20-12-21-17-11-16(24)7-9-22(17)29-23(28(21)27-20)15-6-8-18(25)19(26)10-15/h2-11,21,23H,12H2,1H3/t21-,23-/m1/s1. The SMILES string of the molecule is Cc1ccc(C2=NN3[C@H](C2)c2cc(Cl)ccc2O[C@@H]3c2ccc(Cl)c(Cl)c2)cc1. The van der Waals surface area contributed by atoms with E-state index in [4.69, 9.17) is 44.6 Å². The molecule has 2 atom stereocenters. The maximum Gasteiger partial charge on any atom is 0.213 e. The Labute approximate surface area is 184 Å². The van der Waals surface area contributed by atoms with E-state index in [0.717, 1.165) is 34.6 Å². The number of fused-ring (bicyclic) bond motifs is 3. The van der Waals surface area contributed by atoms with Crippen LogP contribution in [0.5, 0.6) is 5.75 Å². The van der Waals surface area contributed by atoms with Crippen LogP contribution in [0, 0.1) is 6.92 Å². The number of aryl methyl sites for hydroxylation is 1. The molecular weight excluding hydrogens is 427 g/mol. The van der Waals surface area contributed by atoms with Gasteiger partial charge in [0.2, 0.25) is 6.23 Å². The molecule has 0 aliphatic carbocycles. The molecule has 3 nitrogen and oxygen atoms in total. The number of rotatable bonds is 2. The summed E-state index contributed by atoms with van der Waals surface area (Å²) in [7, 11) is 0. The van der Waals surface area contributed by atoms with Crippen molar-refractivity contribution in [1.82, 2.24) is 5.01 Å². The van der Waals surface area contributed by atoms with Crippen molar-refractivity contribution >= 4 is 40.5 Å². The van der Waals surface area contributed by atoms with Crippen LogP contribution in [0.3, 0.4) is 0 Å². The van der Waals surface area contributed by atoms with E-state index in [9.17, 15) is 0 Å². The highest BCUT2D eigenvalue weighted by atomic mass is 35.5. The molecule has 3 aromatic rings. The van der Waals surface area contributed by atoms with Crippen molar-refractivity contribution in [2.24, 2.45) is 5.10 Å². The molecule has 146 valence electrons. The number of benzene rings is 3. The van der Waals surface area contributed by atoms with E-state index in [2.05, 4.69) is 31.2 Å². The van der Waals surface area contributed by atoms with Crippen LogP contribution in [0.1, 0.15) is 40.9 Å². The summed E-state index contributed by atoms with van der Waals surface area (Å²) < 4.78 is 6.34. The van der Waals surface area contributed by atoms with Crippen molar-refractivity contribution in [3.63, 3.8) is 0 Å². The van der Waals surface area contributed by atoms with Crippen LogP contribution >= 0.6 is 34.8 Å². The number of hydrazone groups is 1. The average molecular weight is 444 g/mol. The predicted molar refractivity (Wildman–Crippen MR) is 118 cm³/mol. The van der Waals surface area contributed by atoms with Crippen LogP contribution in [0.4, 0.5) is 0 Å². The highest BCUT2D eigenvalue weighted by molar-refractivity contribution is 6.42. The lowest BCUT2D eigenvalue weighted by molar-refractivity contribution is -0.0190. The first-order valence-electron chi connectivity index (χ1n) is 9.33. The summed E-state index contributed by atoms with van der Waals surface area (Å²) in [4.78, 5) is 0. The lowest BCUT2D eigenvalue weighted by Crippen LogP contribution is -2.33. The molecule has 6 heteroatoms. The van der Waals surface area contributed by atoms with E-state index in [0.29, 0.717) is 15.1 Å². The van der Waals surface area contributed by atoms with Gasteiger partial charge in [-0.15, -0.1) is 0 Å². The molecule has 29 heavy (non-hydrogen) atoms. The normalized spacial score (nSPS) is 20.0. The van der Waals surface area contributed by atoms with Gasteiger partial charge in [-0.1, -0.05) is 70.7 Å². The van der Waals surface area contributed by atoms with Gasteiger partial charge in [0.25, 0.3) is 0 Å². The smallest absolute Gasteiger partial charge is 0.213 e. The minimum Gasteiger partial charge on any atom is -0.464 e. The van der Waals surface area contributed by atoms with Gasteiger partial charge in [0, 0.05) is 22.6 Å². The van der Waals surface area contributed by atoms with Gasteiger partial charge in [0.05, 0.1) is 21.8 Å². The number of nitrogens with zero attached hydrogens (tertiary/aromatic N) is 2. The third-order valence-corrected chi connectivity index (χ3v) is 6.34. The van der Waals surface area contributed by atoms with Crippen molar-refractivity contribution in [1.29, 1.82) is 0 Å². The topological polar surface area (TPSA) is 24.8 Å². The fraction of sp³-hybridized carbons (Fsp3) is 0.174. The predicted octanol–water partition coefficient (Wildman–Crippen LogP) is 7.20. The van der Waals surface area contributed by atoms with Crippen molar-refractivity contribution in [2.75, 3.05) is 0 Å². The molecule has 0 saturated carbocycles. The highest BCUT2D eigenvalue weighted by Gasteiger charge is 2.41. The molecule has 0 saturated heterocycles. The second-order valence-electron chi connectivity index (χ2n) is 7.34. The Morgan fingerprint density at radius 2 is 1.72 bits per heavy atom. The third-order valence-electron chi connectivity index (χ3n) is 5.37. The Morgan fingerprint density at radius 3 is 2.48 bits per heavy atom. The summed E-state index contributed by atoms with van der Waals surface area (Å²) in [6.45, 7) is 2.08. The first-order valence-corrected chi connectivity index (χ1v) is 10.5. The summed E-state index contributed by atoms with van der Waals surface area (Å²) in [5.41, 5.74) is 5.30. The zero-order valence-electron chi connectivity index (χ0n) is 15.6. The Morgan fingerprint density at radius 1 is 0.931 bits per heavy atom. The second-order valence-corrected chi connectivity index (χ2v) is 8.59. The minimum atomic E-state index is -0.397. The van der Waals surface area contributed by atoms with Gasteiger partial charge in [0.15, 0.2) is 0 Å². The average Bonchev–Trinajstić information content (AvgIpc) is 3.16. The van der Waals surface area contributed by atoms with Crippen molar-refractivity contribution < 1.29 is 4.74 Å². The van der Waals surface area contributed by atoms with Gasteiger partial charge in [-0.05, 0) is 42.8 Å². The maximum absolute atomic E-state index is 6.34. The van der Waals surface area contributed by atoms with Gasteiger partial charge < -0.3 is 4.74 Å². The van der Waals surface area contributed by atoms with Crippen molar-refractivity contribution in [3.8, 4) is 5.75 Å². The van der Waals surface area contributed by atoms with Crippen LogP contribution in [-0.4, -0.2) is 10.7 Å². The zero-order valence-corrected chi connectivity index (χ0v) is 17.8. The molecular formula is C23H17Cl3N2O. The molecule has 5 rings (SSSR count). The molecule has 0 bridgehead atoms. The number of hydrogen-bond donors (Lipinski definition) is 0. The zero-order chi connectivity index (χ0) is 20.1. The van der Waals surface area contributed by atoms with E-state index in [1.54, 1.807) is 6.07 Å². The Hall–Kier alpha value is -2.20. The van der Waals surface area contributed by atoms with Crippen LogP contribution in [-0.2, 0) is 0 Å². The number of ether oxygens (including phenoxy) is 1. The molecule has 0 amide bonds. The van der Waals surface area contributed by atoms with Gasteiger partial charge in [0.1, 0.15) is 5.75 Å². The Kier molecular flexibility index (Phi) is 4.70. The third kappa shape index (κ3) is 3.38. The van der Waals surface area contributed by atoms with E-state index in [-0.39, 0.29) is 6.04 Å². The fourth-order valence-corrected chi connectivity index (χ4v) is 4.35. The van der Waals surface area contributed by atoms with Gasteiger partial charge in [-0.25, -0.2) is 5.01 Å². The minimum absolute atomic E-state index is 0.0354. The molecule has 3 aromatic carbocycles. The highest BCUT2D eigenvalue weighted by Crippen LogP contribution is 2.48. The summed E-state index contributed by atoms with van der Waals surface area (Å²) >= 11 is 18.7. The summed E-state index contributed by atoms with van der Waals surface area (Å²) in [6.07, 6.45) is 0.379. The largest absolute Gasteiger partial charge is 0.464 e. The lowest BCUT2D eigenvalue weighted by Gasteiger charge is -2.38. The summed E-state index contributed by atoms with van der Waals surface area (Å²) in [6, 6.07) is 19.8. The summed E-state index contributed by atoms with van der Waals surface area (Å²) in [5.74, 6) is 0.812. The molecule has 0 N–H and O–H groups in total. The Bertz CT molecular complexity index is 1130. The number of halogens is 3. The molecule has 2 aliphatic rings. The Balaban J connectivity index is 1.61. The van der Waals surface area contributed by atoms with E-state index >= 15 is 0 Å². The molecule has 0 aromatic heterocycles. The van der Waals surface area contributed by atoms with Crippen LogP contribution in [0.25, 0.3) is 0 Å². The molecule has 2 heterocycles. The summed E-state index contributed by atoms with van der Waals surface area (Å²) in [5, 5.41) is 8.65. The maximum atomic E-state index is 6.34. The van der Waals surface area contributed by atoms with Gasteiger partial charge in [-0.2, -0.15) is 5.10 Å². The first-order chi connectivity index (χ1) is 14.0. The van der Waals surface area contributed by atoms with Crippen LogP contribution < -0.4 is 4.74 Å². The van der Waals surface area contributed by atoms with E-state index in [1.165, 1.54) is 5.56 Å². The van der Waals surface area contributed by atoms with Crippen molar-refractivity contribution in [3.05, 3.63) is 98.0 Å². The quantitative estimate of drug-likeness (QED) is 0.418. The lowest BCUT2D eigenvalue weighted by atomic mass is 9.95. The second kappa shape index (κ2) is 7.24. The molecule has 2 aliphatic heterocycles. The van der Waals surface area contributed by atoms with Gasteiger partial charge in [-0.3, -0.25) is 0 Å². The molecule has 0 radical (unpaired) electrons. The fourth-order valence-electron chi connectivity index (χ4n) is 3.86. The van der Waals surface area contributed by atoms with Crippen LogP contribution in [0.15, 0.2) is 65.8 Å². The van der Waals surface area contributed by atoms with Crippen LogP contribution in [0.2, 0.25) is 15.1 Å². The van der Waals surface area contributed by atoms with Gasteiger partial charge >= 0.3 is 0 Å². The molecule has 0 spiro atoms. The monoisotopic (exact) mass is 442 g/mol. The number of hydrogen-bond acceptors (Lipinski definition) is 3. The van der Waals surface area contributed by atoms with E-state index in [1.807, 2.05) is 35.3 Å². The molecule has 0 fully saturated rings.